The number of nitrogens with two attached hydrogens (primary N) is 1. The van der Waals surface area contributed by atoms with Crippen LogP contribution in [-0.2, 0) is 4.79 Å². The zero-order chi connectivity index (χ0) is 13.1. The number of carbonyl (C=O) groups excluding carboxylic acids is 1. The molecule has 1 amide bonds. The highest BCUT2D eigenvalue weighted by molar-refractivity contribution is 5.86. The van der Waals surface area contributed by atoms with Crippen molar-refractivity contribution >= 4 is 5.91 Å². The summed E-state index contributed by atoms with van der Waals surface area (Å²) < 4.78 is 0. The van der Waals surface area contributed by atoms with E-state index in [9.17, 15) is 4.79 Å². The van der Waals surface area contributed by atoms with Crippen LogP contribution in [0.15, 0.2) is 0 Å². The Balaban J connectivity index is 2.68. The number of amides is 1. The Bertz CT molecular complexity index is 263. The molecule has 1 heterocycles. The van der Waals surface area contributed by atoms with Gasteiger partial charge in [0, 0.05) is 19.6 Å². The Morgan fingerprint density at radius 1 is 1.47 bits per heavy atom. The van der Waals surface area contributed by atoms with Crippen LogP contribution >= 0.6 is 0 Å². The number of carbonyl (C=O) groups is 1. The maximum Gasteiger partial charge on any atom is 0.242 e. The Kier molecular flexibility index (Phi) is 4.95. The second-order valence-electron chi connectivity index (χ2n) is 5.34. The summed E-state index contributed by atoms with van der Waals surface area (Å²) in [6.07, 6.45) is 3.66. The van der Waals surface area contributed by atoms with Gasteiger partial charge in [-0.25, -0.2) is 0 Å². The lowest BCUT2D eigenvalue weighted by atomic mass is 9.91. The maximum atomic E-state index is 12.4. The lowest BCUT2D eigenvalue weighted by Gasteiger charge is -2.39. The molecular weight excluding hydrogens is 214 g/mol. The summed E-state index contributed by atoms with van der Waals surface area (Å²) in [5.74, 6) is 0.0998. The molecule has 2 N–H and O–H groups in total. The molecule has 100 valence electrons. The van der Waals surface area contributed by atoms with E-state index in [-0.39, 0.29) is 5.91 Å². The van der Waals surface area contributed by atoms with Crippen molar-refractivity contribution in [3.05, 3.63) is 0 Å². The van der Waals surface area contributed by atoms with E-state index in [1.807, 2.05) is 25.8 Å². The smallest absolute Gasteiger partial charge is 0.242 e. The van der Waals surface area contributed by atoms with E-state index in [4.69, 9.17) is 5.73 Å². The number of likely N-dealkylation sites (N-methyl/N-ethyl adjacent to an activating group) is 2. The van der Waals surface area contributed by atoms with Crippen LogP contribution in [0.25, 0.3) is 0 Å². The number of nitrogens with zero attached hydrogens (tertiary/aromatic N) is 2. The summed E-state index contributed by atoms with van der Waals surface area (Å²) in [6.45, 7) is 6.07. The number of rotatable bonds is 4. The zero-order valence-corrected chi connectivity index (χ0v) is 11.7. The standard InChI is InChI=1S/C13H27N3O/c1-5-13(14,6-2)12(17)16(4)11-8-7-9-15(3)10-11/h11H,5-10,14H2,1-4H3. The van der Waals surface area contributed by atoms with Gasteiger partial charge in [-0.2, -0.15) is 0 Å². The molecule has 0 spiro atoms. The van der Waals surface area contributed by atoms with E-state index < -0.39 is 5.54 Å². The number of piperidine rings is 1. The average molecular weight is 241 g/mol. The molecule has 0 aliphatic carbocycles. The van der Waals surface area contributed by atoms with Gasteiger partial charge in [0.1, 0.15) is 0 Å². The Labute approximate surface area is 105 Å². The van der Waals surface area contributed by atoms with E-state index in [0.717, 1.165) is 25.9 Å². The predicted molar refractivity (Wildman–Crippen MR) is 70.8 cm³/mol. The van der Waals surface area contributed by atoms with Gasteiger partial charge in [0.15, 0.2) is 0 Å². The fourth-order valence-electron chi connectivity index (χ4n) is 2.52. The first-order chi connectivity index (χ1) is 7.94. The van der Waals surface area contributed by atoms with Gasteiger partial charge in [0.25, 0.3) is 0 Å². The summed E-state index contributed by atoms with van der Waals surface area (Å²) in [5, 5.41) is 0. The molecule has 0 aromatic carbocycles. The molecular formula is C13H27N3O. The summed E-state index contributed by atoms with van der Waals surface area (Å²) in [5.41, 5.74) is 5.50. The molecule has 1 saturated heterocycles. The lowest BCUT2D eigenvalue weighted by molar-refractivity contribution is -0.139. The second-order valence-corrected chi connectivity index (χ2v) is 5.34. The lowest BCUT2D eigenvalue weighted by Crippen LogP contribution is -2.58. The molecule has 0 bridgehead atoms. The van der Waals surface area contributed by atoms with Gasteiger partial charge < -0.3 is 15.5 Å². The van der Waals surface area contributed by atoms with Crippen molar-refractivity contribution < 1.29 is 4.79 Å². The highest BCUT2D eigenvalue weighted by Crippen LogP contribution is 2.20. The molecule has 0 radical (unpaired) electrons. The molecule has 0 aromatic rings. The minimum Gasteiger partial charge on any atom is -0.340 e. The summed E-state index contributed by atoms with van der Waals surface area (Å²) in [6, 6.07) is 0.322. The van der Waals surface area contributed by atoms with Crippen LogP contribution in [0.5, 0.6) is 0 Å². The van der Waals surface area contributed by atoms with Gasteiger partial charge in [-0.05, 0) is 39.3 Å². The van der Waals surface area contributed by atoms with Crippen molar-refractivity contribution in [2.45, 2.75) is 51.1 Å². The molecule has 1 fully saturated rings. The summed E-state index contributed by atoms with van der Waals surface area (Å²) in [4.78, 5) is 16.6. The first kappa shape index (κ1) is 14.5. The van der Waals surface area contributed by atoms with Crippen molar-refractivity contribution in [3.8, 4) is 0 Å². The molecule has 1 aliphatic heterocycles. The van der Waals surface area contributed by atoms with Gasteiger partial charge in [-0.1, -0.05) is 13.8 Å². The van der Waals surface area contributed by atoms with Crippen LogP contribution in [0.1, 0.15) is 39.5 Å². The Hall–Kier alpha value is -0.610. The highest BCUT2D eigenvalue weighted by atomic mass is 16.2. The molecule has 17 heavy (non-hydrogen) atoms. The van der Waals surface area contributed by atoms with Crippen LogP contribution < -0.4 is 5.73 Å². The van der Waals surface area contributed by atoms with Gasteiger partial charge in [-0.15, -0.1) is 0 Å². The molecule has 0 aromatic heterocycles. The van der Waals surface area contributed by atoms with Crippen LogP contribution in [-0.4, -0.2) is 54.5 Å². The molecule has 4 nitrogen and oxygen atoms in total. The first-order valence-corrected chi connectivity index (χ1v) is 6.69. The molecule has 1 atom stereocenters. The van der Waals surface area contributed by atoms with Crippen molar-refractivity contribution in [1.29, 1.82) is 0 Å². The van der Waals surface area contributed by atoms with Crippen molar-refractivity contribution in [3.63, 3.8) is 0 Å². The number of likely N-dealkylation sites (tertiary alicyclic amines) is 1. The van der Waals surface area contributed by atoms with E-state index in [1.165, 1.54) is 0 Å². The van der Waals surface area contributed by atoms with Crippen molar-refractivity contribution in [1.82, 2.24) is 9.80 Å². The summed E-state index contributed by atoms with van der Waals surface area (Å²) in [7, 11) is 4.01. The van der Waals surface area contributed by atoms with E-state index in [0.29, 0.717) is 18.9 Å². The topological polar surface area (TPSA) is 49.6 Å². The Morgan fingerprint density at radius 2 is 2.06 bits per heavy atom. The number of hydrogen-bond acceptors (Lipinski definition) is 3. The third kappa shape index (κ3) is 3.19. The molecule has 1 rings (SSSR count). The van der Waals surface area contributed by atoms with Crippen molar-refractivity contribution in [2.75, 3.05) is 27.2 Å². The van der Waals surface area contributed by atoms with Crippen molar-refractivity contribution in [2.24, 2.45) is 5.73 Å². The molecule has 4 heteroatoms. The SMILES string of the molecule is CCC(N)(CC)C(=O)N(C)C1CCCN(C)C1. The van der Waals surface area contributed by atoms with E-state index >= 15 is 0 Å². The van der Waals surface area contributed by atoms with Gasteiger partial charge in [0.05, 0.1) is 5.54 Å². The van der Waals surface area contributed by atoms with Crippen LogP contribution in [0.4, 0.5) is 0 Å². The average Bonchev–Trinajstić information content (AvgIpc) is 2.36. The predicted octanol–water partition coefficient (Wildman–Crippen LogP) is 1.06. The second kappa shape index (κ2) is 5.83. The maximum absolute atomic E-state index is 12.4. The minimum atomic E-state index is -0.676. The van der Waals surface area contributed by atoms with E-state index in [2.05, 4.69) is 11.9 Å². The third-order valence-electron chi connectivity index (χ3n) is 4.16. The molecule has 1 unspecified atom stereocenters. The fraction of sp³-hybridized carbons (Fsp3) is 0.923. The van der Waals surface area contributed by atoms with Crippen LogP contribution in [0, 0.1) is 0 Å². The van der Waals surface area contributed by atoms with Gasteiger partial charge in [0.2, 0.25) is 5.91 Å². The fourth-order valence-corrected chi connectivity index (χ4v) is 2.52. The zero-order valence-electron chi connectivity index (χ0n) is 11.7. The van der Waals surface area contributed by atoms with E-state index in [1.54, 1.807) is 0 Å². The normalized spacial score (nSPS) is 22.5. The highest BCUT2D eigenvalue weighted by Gasteiger charge is 2.36. The molecule has 0 saturated carbocycles. The van der Waals surface area contributed by atoms with Crippen LogP contribution in [0.3, 0.4) is 0 Å². The third-order valence-corrected chi connectivity index (χ3v) is 4.16. The van der Waals surface area contributed by atoms with Gasteiger partial charge >= 0.3 is 0 Å². The van der Waals surface area contributed by atoms with Gasteiger partial charge in [-0.3, -0.25) is 4.79 Å². The monoisotopic (exact) mass is 241 g/mol. The minimum absolute atomic E-state index is 0.0998. The summed E-state index contributed by atoms with van der Waals surface area (Å²) >= 11 is 0. The van der Waals surface area contributed by atoms with Crippen LogP contribution in [0.2, 0.25) is 0 Å². The number of hydrogen-bond donors (Lipinski definition) is 1. The molecule has 1 aliphatic rings. The Morgan fingerprint density at radius 3 is 2.53 bits per heavy atom. The first-order valence-electron chi connectivity index (χ1n) is 6.69. The largest absolute Gasteiger partial charge is 0.340 e. The quantitative estimate of drug-likeness (QED) is 0.800.